The van der Waals surface area contributed by atoms with E-state index in [1.54, 1.807) is 0 Å². The van der Waals surface area contributed by atoms with Crippen LogP contribution in [0, 0.1) is 0 Å². The molecule has 0 radical (unpaired) electrons. The van der Waals surface area contributed by atoms with Crippen LogP contribution < -0.4 is 5.73 Å². The van der Waals surface area contributed by atoms with Gasteiger partial charge in [0.2, 0.25) is 0 Å². The molecule has 1 heterocycles. The topological polar surface area (TPSA) is 38.5 Å². The molecule has 3 nitrogen and oxygen atoms in total. The third kappa shape index (κ3) is 4.28. The van der Waals surface area contributed by atoms with Crippen molar-refractivity contribution in [2.24, 2.45) is 5.73 Å². The number of halogens is 1. The van der Waals surface area contributed by atoms with Crippen molar-refractivity contribution in [1.82, 2.24) is 4.90 Å². The van der Waals surface area contributed by atoms with Gasteiger partial charge in [0.1, 0.15) is 0 Å². The molecule has 0 bridgehead atoms. The Hall–Kier alpha value is -0.420. The van der Waals surface area contributed by atoms with Gasteiger partial charge in [0.05, 0.1) is 6.10 Å². The average Bonchev–Trinajstić information content (AvgIpc) is 2.50. The van der Waals surface area contributed by atoms with Crippen LogP contribution in [0.2, 0.25) is 0 Å². The van der Waals surface area contributed by atoms with Crippen LogP contribution in [-0.2, 0) is 11.3 Å². The summed E-state index contributed by atoms with van der Waals surface area (Å²) in [5.41, 5.74) is 7.57. The normalized spacial score (nSPS) is 26.2. The molecule has 0 aliphatic carbocycles. The van der Waals surface area contributed by atoms with Gasteiger partial charge in [0.15, 0.2) is 0 Å². The largest absolute Gasteiger partial charge is 0.378 e. The van der Waals surface area contributed by atoms with Crippen molar-refractivity contribution in [2.45, 2.75) is 50.8 Å². The molecule has 21 heavy (non-hydrogen) atoms. The highest BCUT2D eigenvalue weighted by molar-refractivity contribution is 9.10. The highest BCUT2D eigenvalue weighted by Gasteiger charge is 2.38. The van der Waals surface area contributed by atoms with Crippen molar-refractivity contribution in [3.8, 4) is 0 Å². The summed E-state index contributed by atoms with van der Waals surface area (Å²) < 4.78 is 7.02. The predicted molar refractivity (Wildman–Crippen MR) is 91.3 cm³/mol. The van der Waals surface area contributed by atoms with E-state index >= 15 is 0 Å². The number of ether oxygens (including phenoxy) is 1. The summed E-state index contributed by atoms with van der Waals surface area (Å²) >= 11 is 3.49. The molecule has 0 amide bonds. The van der Waals surface area contributed by atoms with Gasteiger partial charge in [-0.1, -0.05) is 41.4 Å². The Morgan fingerprint density at radius 1 is 1.38 bits per heavy atom. The fraction of sp³-hybridized carbons (Fsp3) is 0.647. The summed E-state index contributed by atoms with van der Waals surface area (Å²) in [6.07, 6.45) is 4.73. The first-order valence-electron chi connectivity index (χ1n) is 7.87. The van der Waals surface area contributed by atoms with E-state index in [0.29, 0.717) is 12.6 Å². The van der Waals surface area contributed by atoms with Gasteiger partial charge in [-0.15, -0.1) is 0 Å². The summed E-state index contributed by atoms with van der Waals surface area (Å²) in [7, 11) is 2.20. The Labute approximate surface area is 137 Å². The summed E-state index contributed by atoms with van der Waals surface area (Å²) in [5.74, 6) is 0. The highest BCUT2D eigenvalue weighted by atomic mass is 79.9. The number of hydrogen-bond acceptors (Lipinski definition) is 3. The van der Waals surface area contributed by atoms with Crippen LogP contribution in [0.15, 0.2) is 28.7 Å². The quantitative estimate of drug-likeness (QED) is 0.848. The van der Waals surface area contributed by atoms with Gasteiger partial charge >= 0.3 is 0 Å². The monoisotopic (exact) mass is 354 g/mol. The fourth-order valence-electron chi connectivity index (χ4n) is 3.23. The first-order valence-corrected chi connectivity index (χ1v) is 8.66. The van der Waals surface area contributed by atoms with Crippen LogP contribution in [0.5, 0.6) is 0 Å². The van der Waals surface area contributed by atoms with Crippen molar-refractivity contribution in [3.63, 3.8) is 0 Å². The molecular weight excluding hydrogens is 328 g/mol. The average molecular weight is 355 g/mol. The molecule has 1 aromatic carbocycles. The zero-order valence-electron chi connectivity index (χ0n) is 13.1. The van der Waals surface area contributed by atoms with E-state index in [4.69, 9.17) is 10.5 Å². The molecule has 118 valence electrons. The Bertz CT molecular complexity index is 435. The summed E-state index contributed by atoms with van der Waals surface area (Å²) in [4.78, 5) is 2.43. The molecule has 2 N–H and O–H groups in total. The van der Waals surface area contributed by atoms with Gasteiger partial charge in [0, 0.05) is 29.7 Å². The molecule has 0 saturated carbocycles. The maximum atomic E-state index is 6.17. The van der Waals surface area contributed by atoms with Crippen molar-refractivity contribution >= 4 is 15.9 Å². The first kappa shape index (κ1) is 16.9. The molecule has 2 atom stereocenters. The van der Waals surface area contributed by atoms with Crippen LogP contribution in [0.4, 0.5) is 0 Å². The number of rotatable bonds is 6. The zero-order valence-corrected chi connectivity index (χ0v) is 14.7. The van der Waals surface area contributed by atoms with E-state index < -0.39 is 0 Å². The third-order valence-electron chi connectivity index (χ3n) is 4.66. The predicted octanol–water partition coefficient (Wildman–Crippen LogP) is 3.56. The minimum absolute atomic E-state index is 0.0746. The molecule has 1 aliphatic rings. The number of benzene rings is 1. The van der Waals surface area contributed by atoms with Crippen molar-refractivity contribution in [2.75, 3.05) is 20.2 Å². The molecule has 4 heteroatoms. The van der Waals surface area contributed by atoms with E-state index in [0.717, 1.165) is 36.9 Å². The lowest BCUT2D eigenvalue weighted by molar-refractivity contribution is -0.0691. The molecule has 1 saturated heterocycles. The minimum Gasteiger partial charge on any atom is -0.378 e. The van der Waals surface area contributed by atoms with Gasteiger partial charge in [-0.25, -0.2) is 0 Å². The van der Waals surface area contributed by atoms with Gasteiger partial charge in [-0.05, 0) is 44.0 Å². The minimum atomic E-state index is 0.0746. The van der Waals surface area contributed by atoms with E-state index in [2.05, 4.69) is 59.1 Å². The Morgan fingerprint density at radius 3 is 2.71 bits per heavy atom. The molecule has 1 fully saturated rings. The number of nitrogens with zero attached hydrogens (tertiary/aromatic N) is 1. The summed E-state index contributed by atoms with van der Waals surface area (Å²) in [6.45, 7) is 4.67. The maximum absolute atomic E-state index is 6.17. The number of nitrogens with two attached hydrogens (primary N) is 1. The Balaban J connectivity index is 2.06. The second-order valence-corrected chi connectivity index (χ2v) is 7.06. The van der Waals surface area contributed by atoms with E-state index in [1.165, 1.54) is 12.0 Å². The first-order chi connectivity index (χ1) is 10.1. The van der Waals surface area contributed by atoms with E-state index in [-0.39, 0.29) is 5.54 Å². The van der Waals surface area contributed by atoms with Crippen LogP contribution >= 0.6 is 15.9 Å². The van der Waals surface area contributed by atoms with Crippen LogP contribution in [0.3, 0.4) is 0 Å². The van der Waals surface area contributed by atoms with Gasteiger partial charge in [-0.2, -0.15) is 0 Å². The van der Waals surface area contributed by atoms with Crippen LogP contribution in [-0.4, -0.2) is 36.7 Å². The Morgan fingerprint density at radius 2 is 2.10 bits per heavy atom. The maximum Gasteiger partial charge on any atom is 0.0593 e. The second-order valence-electron chi connectivity index (χ2n) is 6.15. The fourth-order valence-corrected chi connectivity index (χ4v) is 3.49. The SMILES string of the molecule is CCCC1CC(CN)(N(C)Cc2ccc(Br)cc2)CCO1. The highest BCUT2D eigenvalue weighted by Crippen LogP contribution is 2.32. The molecule has 0 spiro atoms. The van der Waals surface area contributed by atoms with E-state index in [9.17, 15) is 0 Å². The van der Waals surface area contributed by atoms with E-state index in [1.807, 2.05) is 0 Å². The third-order valence-corrected chi connectivity index (χ3v) is 5.19. The van der Waals surface area contributed by atoms with Crippen molar-refractivity contribution < 1.29 is 4.74 Å². The molecule has 2 rings (SSSR count). The lowest BCUT2D eigenvalue weighted by Gasteiger charge is -2.46. The summed E-state index contributed by atoms with van der Waals surface area (Å²) in [6, 6.07) is 8.55. The van der Waals surface area contributed by atoms with Gasteiger partial charge in [-0.3, -0.25) is 4.90 Å². The van der Waals surface area contributed by atoms with Crippen molar-refractivity contribution in [3.05, 3.63) is 34.3 Å². The van der Waals surface area contributed by atoms with Crippen LogP contribution in [0.1, 0.15) is 38.2 Å². The molecule has 1 aromatic rings. The summed E-state index contributed by atoms with van der Waals surface area (Å²) in [5, 5.41) is 0. The smallest absolute Gasteiger partial charge is 0.0593 e. The molecular formula is C17H27BrN2O. The van der Waals surface area contributed by atoms with Gasteiger partial charge < -0.3 is 10.5 Å². The standard InChI is InChI=1S/C17H27BrN2O/c1-3-4-16-11-17(13-19,9-10-21-16)20(2)12-14-5-7-15(18)8-6-14/h5-8,16H,3-4,9-13,19H2,1-2H3. The second kappa shape index (κ2) is 7.73. The molecule has 1 aliphatic heterocycles. The molecule has 2 unspecified atom stereocenters. The number of hydrogen-bond donors (Lipinski definition) is 1. The lowest BCUT2D eigenvalue weighted by atomic mass is 9.83. The Kier molecular flexibility index (Phi) is 6.23. The lowest BCUT2D eigenvalue weighted by Crippen LogP contribution is -2.56. The van der Waals surface area contributed by atoms with Crippen LogP contribution in [0.25, 0.3) is 0 Å². The zero-order chi connectivity index (χ0) is 15.3. The van der Waals surface area contributed by atoms with Gasteiger partial charge in [0.25, 0.3) is 0 Å². The van der Waals surface area contributed by atoms with Crippen molar-refractivity contribution in [1.29, 1.82) is 0 Å². The number of likely N-dealkylation sites (N-methyl/N-ethyl adjacent to an activating group) is 1. The molecule has 0 aromatic heterocycles.